The number of nitrogens with zero attached hydrogens (tertiary/aromatic N) is 2. The number of nitrogens with one attached hydrogen (secondary N) is 1. The van der Waals surface area contributed by atoms with Crippen molar-refractivity contribution in [1.29, 1.82) is 0 Å². The summed E-state index contributed by atoms with van der Waals surface area (Å²) < 4.78 is 45.9. The van der Waals surface area contributed by atoms with Gasteiger partial charge in [-0.25, -0.2) is 13.7 Å². The smallest absolute Gasteiger partial charge is 0.459 e. The fourth-order valence-corrected chi connectivity index (χ4v) is 4.88. The first-order chi connectivity index (χ1) is 19.1. The number of ether oxygens (including phenoxy) is 2. The van der Waals surface area contributed by atoms with E-state index in [4.69, 9.17) is 18.8 Å². The van der Waals surface area contributed by atoms with E-state index in [-0.39, 0.29) is 12.4 Å². The monoisotopic (exact) mass is 576 g/mol. The second kappa shape index (κ2) is 12.6. The van der Waals surface area contributed by atoms with E-state index in [1.165, 1.54) is 6.92 Å². The van der Waals surface area contributed by atoms with Crippen LogP contribution in [-0.2, 0) is 30.3 Å². The number of para-hydroxylation sites is 1. The van der Waals surface area contributed by atoms with E-state index < -0.39 is 62.2 Å². The molecule has 40 heavy (non-hydrogen) atoms. The number of aromatic amines is 1. The van der Waals surface area contributed by atoms with E-state index in [9.17, 15) is 24.1 Å². The molecule has 2 aromatic carbocycles. The van der Waals surface area contributed by atoms with E-state index in [1.54, 1.807) is 54.6 Å². The Bertz CT molecular complexity index is 1430. The highest BCUT2D eigenvalue weighted by molar-refractivity contribution is 7.36. The van der Waals surface area contributed by atoms with Crippen LogP contribution in [0, 0.1) is 0 Å². The molecule has 1 aliphatic heterocycles. The number of esters is 1. The van der Waals surface area contributed by atoms with Gasteiger partial charge in [0.15, 0.2) is 23.7 Å². The minimum absolute atomic E-state index is 0.0472. The van der Waals surface area contributed by atoms with Gasteiger partial charge in [-0.2, -0.15) is 0 Å². The maximum absolute atomic E-state index is 15.6. The largest absolute Gasteiger partial charge is 0.693 e. The van der Waals surface area contributed by atoms with Crippen LogP contribution in [0.5, 0.6) is 5.75 Å². The van der Waals surface area contributed by atoms with E-state index in [2.05, 4.69) is 0 Å². The number of hydrogen-bond acceptors (Lipinski definition) is 9. The van der Waals surface area contributed by atoms with E-state index in [0.717, 1.165) is 34.2 Å². The van der Waals surface area contributed by atoms with Crippen LogP contribution in [0.25, 0.3) is 0 Å². The number of carbonyl (C=O) groups excluding carboxylic acids is 1. The van der Waals surface area contributed by atoms with Crippen molar-refractivity contribution in [3.63, 3.8) is 0 Å². The molecule has 1 fully saturated rings. The minimum atomic E-state index is -2.84. The van der Waals surface area contributed by atoms with Gasteiger partial charge in [0.05, 0.1) is 4.83 Å². The molecular weight excluding hydrogens is 548 g/mol. The third-order valence-corrected chi connectivity index (χ3v) is 7.33. The number of aliphatic hydroxyl groups excluding tert-OH is 1. The summed E-state index contributed by atoms with van der Waals surface area (Å²) in [5.41, 5.74) is -3.38. The molecule has 0 spiro atoms. The first-order valence-corrected chi connectivity index (χ1v) is 13.4. The summed E-state index contributed by atoms with van der Waals surface area (Å²) in [4.78, 5) is 44.8. The zero-order valence-electron chi connectivity index (χ0n) is 21.6. The number of rotatable bonds is 11. The maximum atomic E-state index is 15.6. The molecule has 6 atom stereocenters. The van der Waals surface area contributed by atoms with Crippen molar-refractivity contribution in [1.82, 2.24) is 14.4 Å². The predicted molar refractivity (Wildman–Crippen MR) is 139 cm³/mol. The predicted octanol–water partition coefficient (Wildman–Crippen LogP) is 2.62. The minimum Gasteiger partial charge on any atom is -0.459 e. The summed E-state index contributed by atoms with van der Waals surface area (Å²) in [6.07, 6.45) is -3.74. The average Bonchev–Trinajstić information content (AvgIpc) is 3.16. The van der Waals surface area contributed by atoms with Crippen LogP contribution in [0.2, 0.25) is 0 Å². The van der Waals surface area contributed by atoms with Crippen molar-refractivity contribution >= 4 is 14.1 Å². The fourth-order valence-electron chi connectivity index (χ4n) is 3.96. The Balaban J connectivity index is 1.49. The van der Waals surface area contributed by atoms with Gasteiger partial charge in [0, 0.05) is 16.8 Å². The summed E-state index contributed by atoms with van der Waals surface area (Å²) >= 11 is 0. The molecule has 1 unspecified atom stereocenters. The van der Waals surface area contributed by atoms with Crippen LogP contribution in [0.4, 0.5) is 4.39 Å². The molecule has 0 radical (unpaired) electrons. The number of halogens is 1. The Hall–Kier alpha value is -3.74. The van der Waals surface area contributed by atoms with Crippen LogP contribution in [0.3, 0.4) is 0 Å². The van der Waals surface area contributed by atoms with Gasteiger partial charge in [-0.1, -0.05) is 48.5 Å². The van der Waals surface area contributed by atoms with Gasteiger partial charge < -0.3 is 14.6 Å². The molecule has 0 bridgehead atoms. The number of aliphatic hydroxyl groups is 1. The molecule has 3 aromatic rings. The third kappa shape index (κ3) is 6.69. The quantitative estimate of drug-likeness (QED) is 0.198. The molecule has 4 rings (SSSR count). The lowest BCUT2D eigenvalue weighted by molar-refractivity contribution is -0.181. The Labute approximate surface area is 228 Å². The summed E-state index contributed by atoms with van der Waals surface area (Å²) in [7, 11) is -2.84. The molecule has 0 aliphatic carbocycles. The molecule has 2 heterocycles. The van der Waals surface area contributed by atoms with Gasteiger partial charge in [0.1, 0.15) is 25.4 Å². The second-order valence-electron chi connectivity index (χ2n) is 9.15. The van der Waals surface area contributed by atoms with E-state index in [1.807, 2.05) is 11.1 Å². The first-order valence-electron chi connectivity index (χ1n) is 12.2. The maximum Gasteiger partial charge on any atom is 0.693 e. The molecule has 14 heteroatoms. The van der Waals surface area contributed by atoms with Crippen LogP contribution < -0.4 is 15.8 Å². The molecule has 0 saturated carbocycles. The van der Waals surface area contributed by atoms with Gasteiger partial charge in [-0.3, -0.25) is 24.0 Å². The first kappa shape index (κ1) is 29.2. The Kier molecular flexibility index (Phi) is 9.23. The van der Waals surface area contributed by atoms with Crippen LogP contribution in [-0.4, -0.2) is 56.0 Å². The highest BCUT2D eigenvalue weighted by Gasteiger charge is 2.56. The van der Waals surface area contributed by atoms with Crippen LogP contribution >= 0.6 is 8.18 Å². The average molecular weight is 576 g/mol. The Morgan fingerprint density at radius 1 is 1.18 bits per heavy atom. The van der Waals surface area contributed by atoms with Crippen molar-refractivity contribution < 1.29 is 37.7 Å². The number of carbonyl (C=O) groups is 1. The molecule has 0 amide bonds. The third-order valence-electron chi connectivity index (χ3n) is 6.18. The van der Waals surface area contributed by atoms with E-state index >= 15 is 4.39 Å². The van der Waals surface area contributed by atoms with Crippen molar-refractivity contribution in [2.75, 3.05) is 6.61 Å². The molecule has 1 aromatic heterocycles. The summed E-state index contributed by atoms with van der Waals surface area (Å²) in [6.45, 7) is 1.78. The molecule has 12 nitrogen and oxygen atoms in total. The number of aromatic nitrogens is 2. The standard InChI is InChI=1S/C26H27FN3O9P/c1-17(23(33)36-15-18-9-5-3-6-10-18)30(40(35)39-19-11-7-4-8-12-19)37-16-20-22(32)26(2,27)24(38-20)29-14-13-21(31)28-25(29)34/h3-14,17,20,22,24,32H,15-16H2,1-2H3/p+1/t17-,20-,22-,24-,26-/m1/s1. The Morgan fingerprint density at radius 3 is 2.48 bits per heavy atom. The van der Waals surface area contributed by atoms with Crippen molar-refractivity contribution in [3.8, 4) is 5.75 Å². The number of hydroxylamine groups is 1. The van der Waals surface area contributed by atoms with Crippen LogP contribution in [0.15, 0.2) is 82.5 Å². The summed E-state index contributed by atoms with van der Waals surface area (Å²) in [5, 5.41) is 10.7. The number of H-pyrrole nitrogens is 1. The normalized spacial score (nSPS) is 23.5. The van der Waals surface area contributed by atoms with Gasteiger partial charge in [-0.15, -0.1) is 0 Å². The zero-order chi connectivity index (χ0) is 28.9. The van der Waals surface area contributed by atoms with Crippen LogP contribution in [0.1, 0.15) is 25.6 Å². The lowest BCUT2D eigenvalue weighted by Gasteiger charge is -2.24. The van der Waals surface area contributed by atoms with Gasteiger partial charge in [0.2, 0.25) is 0 Å². The highest BCUT2D eigenvalue weighted by atomic mass is 31.1. The highest BCUT2D eigenvalue weighted by Crippen LogP contribution is 2.41. The van der Waals surface area contributed by atoms with Gasteiger partial charge >= 0.3 is 19.8 Å². The van der Waals surface area contributed by atoms with Crippen molar-refractivity contribution in [3.05, 3.63) is 99.3 Å². The lowest BCUT2D eigenvalue weighted by Crippen LogP contribution is -2.44. The number of hydrogen-bond donors (Lipinski definition) is 2. The number of alkyl halides is 1. The molecule has 1 aliphatic rings. The molecule has 1 saturated heterocycles. The fraction of sp³-hybridized carbons (Fsp3) is 0.346. The lowest BCUT2D eigenvalue weighted by atomic mass is 9.98. The topological polar surface area (TPSA) is 149 Å². The molecular formula is C26H28FN3O9P+. The number of benzene rings is 2. The summed E-state index contributed by atoms with van der Waals surface area (Å²) in [5.74, 6) is -0.558. The van der Waals surface area contributed by atoms with Gasteiger partial charge in [-0.05, 0) is 31.5 Å². The molecule has 2 N–H and O–H groups in total. The van der Waals surface area contributed by atoms with Crippen molar-refractivity contribution in [2.45, 2.75) is 50.6 Å². The molecule has 212 valence electrons. The van der Waals surface area contributed by atoms with Gasteiger partial charge in [0.25, 0.3) is 5.56 Å². The van der Waals surface area contributed by atoms with Crippen molar-refractivity contribution in [2.24, 2.45) is 0 Å². The van der Waals surface area contributed by atoms with E-state index in [0.29, 0.717) is 0 Å². The second-order valence-corrected chi connectivity index (χ2v) is 10.2. The SMILES string of the molecule is C[C@H](C(=O)OCc1ccccc1)N(OC[C@H]1O[C@@H](n2ccc(=O)[nH]c2=O)[C@](C)(F)[C@@H]1O)[P+](=O)Oc1ccccc1. The zero-order valence-corrected chi connectivity index (χ0v) is 22.5. The Morgan fingerprint density at radius 2 is 1.82 bits per heavy atom. The summed E-state index contributed by atoms with van der Waals surface area (Å²) in [6, 6.07) is 16.8.